The molecule has 0 aromatic carbocycles. The minimum Gasteiger partial charge on any atom is -0.494 e. The van der Waals surface area contributed by atoms with Crippen LogP contribution < -0.4 is 0 Å². The summed E-state index contributed by atoms with van der Waals surface area (Å²) in [6.07, 6.45) is 24.1. The summed E-state index contributed by atoms with van der Waals surface area (Å²) in [6, 6.07) is 0. The Bertz CT molecular complexity index is 296. The average molecular weight is 337 g/mol. The fourth-order valence-corrected chi connectivity index (χ4v) is 3.91. The van der Waals surface area contributed by atoms with Crippen molar-refractivity contribution in [3.05, 3.63) is 12.3 Å². The SMILES string of the molecule is C=C1OC(CCCCCCCCCCCCC)C1CCCCCC. The lowest BCUT2D eigenvalue weighted by molar-refractivity contribution is -0.0524. The van der Waals surface area contributed by atoms with Crippen LogP contribution in [0, 0.1) is 5.92 Å². The lowest BCUT2D eigenvalue weighted by atomic mass is 9.86. The molecule has 0 aromatic rings. The van der Waals surface area contributed by atoms with Crippen molar-refractivity contribution < 1.29 is 4.74 Å². The average Bonchev–Trinajstić information content (AvgIpc) is 2.58. The lowest BCUT2D eigenvalue weighted by Gasteiger charge is -2.40. The van der Waals surface area contributed by atoms with Gasteiger partial charge in [-0.2, -0.15) is 0 Å². The van der Waals surface area contributed by atoms with E-state index in [9.17, 15) is 0 Å². The molecular formula is C23H44O. The highest BCUT2D eigenvalue weighted by atomic mass is 16.5. The Morgan fingerprint density at radius 3 is 1.54 bits per heavy atom. The van der Waals surface area contributed by atoms with Gasteiger partial charge in [0.2, 0.25) is 0 Å². The lowest BCUT2D eigenvalue weighted by Crippen LogP contribution is -2.37. The van der Waals surface area contributed by atoms with Crippen molar-refractivity contribution in [2.45, 2.75) is 129 Å². The number of rotatable bonds is 17. The molecule has 2 unspecified atom stereocenters. The van der Waals surface area contributed by atoms with Crippen LogP contribution in [-0.4, -0.2) is 6.10 Å². The van der Waals surface area contributed by atoms with Crippen LogP contribution in [0.4, 0.5) is 0 Å². The fourth-order valence-electron chi connectivity index (χ4n) is 3.91. The summed E-state index contributed by atoms with van der Waals surface area (Å²) in [4.78, 5) is 0. The second-order valence-electron chi connectivity index (χ2n) is 7.90. The van der Waals surface area contributed by atoms with Crippen molar-refractivity contribution in [1.82, 2.24) is 0 Å². The van der Waals surface area contributed by atoms with Gasteiger partial charge in [0, 0.05) is 0 Å². The van der Waals surface area contributed by atoms with E-state index in [-0.39, 0.29) is 0 Å². The molecule has 142 valence electrons. The van der Waals surface area contributed by atoms with Crippen molar-refractivity contribution in [2.24, 2.45) is 5.92 Å². The molecule has 1 rings (SSSR count). The van der Waals surface area contributed by atoms with Crippen LogP contribution >= 0.6 is 0 Å². The molecule has 0 amide bonds. The quantitative estimate of drug-likeness (QED) is 0.243. The highest BCUT2D eigenvalue weighted by molar-refractivity contribution is 5.05. The van der Waals surface area contributed by atoms with Crippen molar-refractivity contribution >= 4 is 0 Å². The van der Waals surface area contributed by atoms with E-state index < -0.39 is 0 Å². The Morgan fingerprint density at radius 2 is 1.04 bits per heavy atom. The second-order valence-corrected chi connectivity index (χ2v) is 7.90. The van der Waals surface area contributed by atoms with Gasteiger partial charge in [0.15, 0.2) is 0 Å². The molecule has 0 N–H and O–H groups in total. The highest BCUT2D eigenvalue weighted by Crippen LogP contribution is 2.38. The monoisotopic (exact) mass is 336 g/mol. The van der Waals surface area contributed by atoms with E-state index >= 15 is 0 Å². The Hall–Kier alpha value is -0.460. The second kappa shape index (κ2) is 14.8. The largest absolute Gasteiger partial charge is 0.494 e. The number of unbranched alkanes of at least 4 members (excludes halogenated alkanes) is 13. The minimum absolute atomic E-state index is 0.498. The van der Waals surface area contributed by atoms with Crippen molar-refractivity contribution in [3.8, 4) is 0 Å². The molecule has 1 aliphatic rings. The zero-order valence-corrected chi connectivity index (χ0v) is 16.8. The first-order valence-electron chi connectivity index (χ1n) is 11.1. The van der Waals surface area contributed by atoms with Gasteiger partial charge in [0.25, 0.3) is 0 Å². The normalized spacial score (nSPS) is 20.0. The van der Waals surface area contributed by atoms with Crippen LogP contribution in [0.15, 0.2) is 12.3 Å². The molecule has 1 nitrogen and oxygen atoms in total. The van der Waals surface area contributed by atoms with Gasteiger partial charge in [-0.3, -0.25) is 0 Å². The summed E-state index contributed by atoms with van der Waals surface area (Å²) in [7, 11) is 0. The number of ether oxygens (including phenoxy) is 1. The highest BCUT2D eigenvalue weighted by Gasteiger charge is 2.35. The van der Waals surface area contributed by atoms with Gasteiger partial charge in [-0.05, 0) is 19.3 Å². The first kappa shape index (κ1) is 21.6. The van der Waals surface area contributed by atoms with E-state index in [2.05, 4.69) is 20.4 Å². The minimum atomic E-state index is 0.498. The van der Waals surface area contributed by atoms with Crippen LogP contribution in [0.25, 0.3) is 0 Å². The predicted octanol–water partition coefficient (Wildman–Crippen LogP) is 8.19. The number of hydrogen-bond acceptors (Lipinski definition) is 1. The van der Waals surface area contributed by atoms with Crippen LogP contribution in [0.3, 0.4) is 0 Å². The summed E-state index contributed by atoms with van der Waals surface area (Å²) in [5.74, 6) is 1.74. The maximum Gasteiger partial charge on any atom is 0.108 e. The standard InChI is InChI=1S/C23H44O/c1-4-6-8-10-11-12-13-14-15-16-18-20-23-22(21(3)24-23)19-17-9-7-5-2/h22-23H,3-20H2,1-2H3. The molecule has 0 bridgehead atoms. The van der Waals surface area contributed by atoms with Crippen LogP contribution in [-0.2, 0) is 4.74 Å². The van der Waals surface area contributed by atoms with E-state index in [0.717, 1.165) is 5.76 Å². The van der Waals surface area contributed by atoms with Gasteiger partial charge in [0.05, 0.1) is 11.7 Å². The molecule has 1 heteroatoms. The van der Waals surface area contributed by atoms with Crippen molar-refractivity contribution in [1.29, 1.82) is 0 Å². The first-order valence-corrected chi connectivity index (χ1v) is 11.1. The smallest absolute Gasteiger partial charge is 0.108 e. The van der Waals surface area contributed by atoms with Gasteiger partial charge < -0.3 is 4.74 Å². The third kappa shape index (κ3) is 9.74. The maximum atomic E-state index is 5.81. The zero-order valence-electron chi connectivity index (χ0n) is 16.8. The topological polar surface area (TPSA) is 9.23 Å². The first-order chi connectivity index (χ1) is 11.8. The third-order valence-electron chi connectivity index (χ3n) is 5.63. The summed E-state index contributed by atoms with van der Waals surface area (Å²) in [5, 5.41) is 0. The van der Waals surface area contributed by atoms with Gasteiger partial charge in [-0.25, -0.2) is 0 Å². The Kier molecular flexibility index (Phi) is 13.4. The van der Waals surface area contributed by atoms with Crippen molar-refractivity contribution in [2.75, 3.05) is 0 Å². The van der Waals surface area contributed by atoms with Crippen LogP contribution in [0.2, 0.25) is 0 Å². The summed E-state index contributed by atoms with van der Waals surface area (Å²) in [6.45, 7) is 8.64. The van der Waals surface area contributed by atoms with E-state index in [4.69, 9.17) is 4.74 Å². The molecule has 24 heavy (non-hydrogen) atoms. The molecular weight excluding hydrogens is 292 g/mol. The third-order valence-corrected chi connectivity index (χ3v) is 5.63. The molecule has 0 spiro atoms. The van der Waals surface area contributed by atoms with Crippen LogP contribution in [0.5, 0.6) is 0 Å². The van der Waals surface area contributed by atoms with Gasteiger partial charge in [0.1, 0.15) is 6.10 Å². The van der Waals surface area contributed by atoms with E-state index in [1.54, 1.807) is 0 Å². The molecule has 0 aromatic heterocycles. The van der Waals surface area contributed by atoms with E-state index in [0.29, 0.717) is 12.0 Å². The Labute approximate surface area is 152 Å². The van der Waals surface area contributed by atoms with E-state index in [1.807, 2.05) is 0 Å². The summed E-state index contributed by atoms with van der Waals surface area (Å²) >= 11 is 0. The summed E-state index contributed by atoms with van der Waals surface area (Å²) in [5.41, 5.74) is 0. The molecule has 1 fully saturated rings. The predicted molar refractivity (Wildman–Crippen MR) is 107 cm³/mol. The molecule has 0 aliphatic carbocycles. The van der Waals surface area contributed by atoms with Gasteiger partial charge >= 0.3 is 0 Å². The van der Waals surface area contributed by atoms with E-state index in [1.165, 1.54) is 109 Å². The van der Waals surface area contributed by atoms with Crippen LogP contribution in [0.1, 0.15) is 123 Å². The molecule has 1 aliphatic heterocycles. The molecule has 0 saturated carbocycles. The maximum absolute atomic E-state index is 5.81. The molecule has 1 heterocycles. The Morgan fingerprint density at radius 1 is 0.625 bits per heavy atom. The zero-order chi connectivity index (χ0) is 17.5. The number of hydrogen-bond donors (Lipinski definition) is 0. The van der Waals surface area contributed by atoms with Crippen molar-refractivity contribution in [3.63, 3.8) is 0 Å². The Balaban J connectivity index is 1.87. The van der Waals surface area contributed by atoms with Gasteiger partial charge in [-0.1, -0.05) is 110 Å². The van der Waals surface area contributed by atoms with Gasteiger partial charge in [-0.15, -0.1) is 0 Å². The molecule has 1 saturated heterocycles. The summed E-state index contributed by atoms with van der Waals surface area (Å²) < 4.78 is 5.81. The molecule has 0 radical (unpaired) electrons. The fraction of sp³-hybridized carbons (Fsp3) is 0.913. The molecule has 2 atom stereocenters.